The molecule has 0 radical (unpaired) electrons. The van der Waals surface area contributed by atoms with Crippen molar-refractivity contribution in [3.63, 3.8) is 0 Å². The topological polar surface area (TPSA) is 78.1 Å². The molecule has 2 aliphatic carbocycles. The predicted octanol–water partition coefficient (Wildman–Crippen LogP) is 5.74. The van der Waals surface area contributed by atoms with Gasteiger partial charge >= 0.3 is 0 Å². The fraction of sp³-hybridized carbons (Fsp3) is 0.393. The summed E-state index contributed by atoms with van der Waals surface area (Å²) in [4.78, 5) is 10.6. The van der Waals surface area contributed by atoms with Gasteiger partial charge in [0.05, 0.1) is 10.9 Å². The van der Waals surface area contributed by atoms with Gasteiger partial charge in [-0.3, -0.25) is 4.98 Å². The second-order valence-electron chi connectivity index (χ2n) is 10.8. The summed E-state index contributed by atoms with van der Waals surface area (Å²) in [5.41, 5.74) is 2.49. The Kier molecular flexibility index (Phi) is 5.39. The van der Waals surface area contributed by atoms with Gasteiger partial charge in [0.25, 0.3) is 0 Å². The molecule has 36 heavy (non-hydrogen) atoms. The molecule has 6 nitrogen and oxygen atoms in total. The lowest BCUT2D eigenvalue weighted by atomic mass is 10.00. The largest absolute Gasteiger partial charge is 0.354 e. The van der Waals surface area contributed by atoms with Crippen LogP contribution < -0.4 is 9.62 Å². The molecule has 1 atom stereocenters. The van der Waals surface area contributed by atoms with E-state index in [1.165, 1.54) is 13.8 Å². The number of anilines is 1. The van der Waals surface area contributed by atoms with Crippen molar-refractivity contribution in [2.45, 2.75) is 62.1 Å². The van der Waals surface area contributed by atoms with Crippen LogP contribution in [0.5, 0.6) is 0 Å². The Balaban J connectivity index is 1.47. The molecule has 1 fully saturated rings. The lowest BCUT2D eigenvalue weighted by Gasteiger charge is -2.27. The minimum absolute atomic E-state index is 0.00661. The fourth-order valence-electron chi connectivity index (χ4n) is 5.38. The van der Waals surface area contributed by atoms with Crippen LogP contribution in [0.3, 0.4) is 0 Å². The van der Waals surface area contributed by atoms with Crippen LogP contribution in [0.25, 0.3) is 21.7 Å². The third-order valence-electron chi connectivity index (χ3n) is 7.51. The molecule has 4 aromatic rings. The van der Waals surface area contributed by atoms with Gasteiger partial charge in [0, 0.05) is 53.1 Å². The number of nitrogens with zero attached hydrogens (tertiary/aromatic N) is 2. The zero-order chi connectivity index (χ0) is 25.2. The Hall–Kier alpha value is -2.97. The maximum absolute atomic E-state index is 14.2. The molecule has 6 rings (SSSR count). The number of para-hydroxylation sites is 1. The number of H-pyrrole nitrogens is 1. The summed E-state index contributed by atoms with van der Waals surface area (Å²) in [6.45, 7) is 2.46. The number of alkyl halides is 1. The molecule has 0 amide bonds. The van der Waals surface area contributed by atoms with Crippen LogP contribution in [-0.2, 0) is 16.4 Å². The monoisotopic (exact) mass is 506 g/mol. The molecule has 0 saturated heterocycles. The average Bonchev–Trinajstić information content (AvgIpc) is 3.46. The minimum atomic E-state index is -3.94. The molecular weight excluding hydrogens is 475 g/mol. The van der Waals surface area contributed by atoms with E-state index >= 15 is 0 Å². The second-order valence-corrected chi connectivity index (χ2v) is 12.6. The van der Waals surface area contributed by atoms with Gasteiger partial charge in [-0.15, -0.1) is 0 Å². The van der Waals surface area contributed by atoms with Crippen molar-refractivity contribution in [3.8, 4) is 0 Å². The molecule has 2 aliphatic rings. The van der Waals surface area contributed by atoms with Gasteiger partial charge in [-0.1, -0.05) is 18.2 Å². The van der Waals surface area contributed by atoms with Gasteiger partial charge in [0.15, 0.2) is 0 Å². The van der Waals surface area contributed by atoms with E-state index in [9.17, 15) is 12.8 Å². The van der Waals surface area contributed by atoms with Crippen molar-refractivity contribution < 1.29 is 12.8 Å². The van der Waals surface area contributed by atoms with Crippen LogP contribution in [0.2, 0.25) is 0 Å². The summed E-state index contributed by atoms with van der Waals surface area (Å²) in [5.74, 6) is 1.38. The molecular formula is C28H31FN4O2S. The van der Waals surface area contributed by atoms with Crippen LogP contribution in [0, 0.1) is 0 Å². The Morgan fingerprint density at radius 2 is 1.92 bits per heavy atom. The molecule has 2 N–H and O–H groups in total. The van der Waals surface area contributed by atoms with Crippen molar-refractivity contribution in [1.29, 1.82) is 0 Å². The summed E-state index contributed by atoms with van der Waals surface area (Å²) in [6, 6.07) is 14.0. The highest BCUT2D eigenvalue weighted by atomic mass is 32.2. The third-order valence-corrected chi connectivity index (χ3v) is 8.95. The van der Waals surface area contributed by atoms with Gasteiger partial charge in [0.1, 0.15) is 11.5 Å². The molecule has 1 unspecified atom stereocenters. The van der Waals surface area contributed by atoms with Crippen molar-refractivity contribution >= 4 is 37.5 Å². The van der Waals surface area contributed by atoms with Crippen LogP contribution in [-0.4, -0.2) is 37.6 Å². The summed E-state index contributed by atoms with van der Waals surface area (Å²) < 4.78 is 43.8. The number of rotatable bonds is 7. The van der Waals surface area contributed by atoms with Gasteiger partial charge in [0.2, 0.25) is 10.0 Å². The minimum Gasteiger partial charge on any atom is -0.354 e. The third kappa shape index (κ3) is 4.16. The standard InChI is InChI=1S/C28H31FN4O2S/c1-28(2,29)16-31-36(34,35)26-14-20-19(22-15-30-24(13-21(22)26)17-8-9-17)10-11-25(20)33(3)27-12-18-6-4-5-7-23(18)32-27/h4-7,12-15,17,25,31-32H,8-11,16H2,1-3H3. The first kappa shape index (κ1) is 23.4. The van der Waals surface area contributed by atoms with Crippen molar-refractivity contribution in [2.24, 2.45) is 0 Å². The van der Waals surface area contributed by atoms with Crippen molar-refractivity contribution in [2.75, 3.05) is 18.5 Å². The number of nitrogens with one attached hydrogen (secondary N) is 2. The van der Waals surface area contributed by atoms with Crippen molar-refractivity contribution in [3.05, 3.63) is 65.5 Å². The second kappa shape index (κ2) is 8.28. The van der Waals surface area contributed by atoms with Gasteiger partial charge in [-0.2, -0.15) is 0 Å². The molecule has 2 heterocycles. The van der Waals surface area contributed by atoms with Gasteiger partial charge in [-0.25, -0.2) is 17.5 Å². The maximum Gasteiger partial charge on any atom is 0.241 e. The Labute approximate surface area is 211 Å². The number of sulfonamides is 1. The number of pyridine rings is 1. The van der Waals surface area contributed by atoms with E-state index < -0.39 is 15.7 Å². The molecule has 0 bridgehead atoms. The SMILES string of the molecule is CN(c1cc2ccccc2[nH]1)C1CCc2c1cc(S(=O)(=O)NCC(C)(C)F)c1cc(C3CC3)ncc21. The number of halogens is 1. The molecule has 188 valence electrons. The summed E-state index contributed by atoms with van der Waals surface area (Å²) in [6.07, 6.45) is 5.73. The van der Waals surface area contributed by atoms with Crippen LogP contribution in [0.15, 0.2) is 53.6 Å². The van der Waals surface area contributed by atoms with Crippen LogP contribution in [0.1, 0.15) is 61.9 Å². The number of aryl methyl sites for hydroxylation is 1. The smallest absolute Gasteiger partial charge is 0.241 e. The fourth-order valence-corrected chi connectivity index (χ4v) is 6.81. The lowest BCUT2D eigenvalue weighted by molar-refractivity contribution is 0.221. The highest BCUT2D eigenvalue weighted by Crippen LogP contribution is 2.45. The molecule has 0 aliphatic heterocycles. The maximum atomic E-state index is 14.2. The van der Waals surface area contributed by atoms with E-state index in [2.05, 4.69) is 32.8 Å². The Morgan fingerprint density at radius 1 is 1.14 bits per heavy atom. The number of aromatic amines is 1. The normalized spacial score (nSPS) is 18.2. The first-order valence-electron chi connectivity index (χ1n) is 12.6. The van der Waals surface area contributed by atoms with Crippen LogP contribution >= 0.6 is 0 Å². The molecule has 0 spiro atoms. The predicted molar refractivity (Wildman–Crippen MR) is 142 cm³/mol. The van der Waals surface area contributed by atoms with E-state index in [-0.39, 0.29) is 17.5 Å². The van der Waals surface area contributed by atoms with Gasteiger partial charge in [-0.05, 0) is 74.9 Å². The molecule has 2 aromatic heterocycles. The highest BCUT2D eigenvalue weighted by molar-refractivity contribution is 7.89. The number of benzene rings is 2. The van der Waals surface area contributed by atoms with Crippen LogP contribution in [0.4, 0.5) is 10.2 Å². The number of fused-ring (bicyclic) bond motifs is 4. The highest BCUT2D eigenvalue weighted by Gasteiger charge is 2.34. The van der Waals surface area contributed by atoms with E-state index in [0.717, 1.165) is 64.6 Å². The van der Waals surface area contributed by atoms with Gasteiger partial charge < -0.3 is 9.88 Å². The average molecular weight is 507 g/mol. The van der Waals surface area contributed by atoms with E-state index in [0.29, 0.717) is 11.3 Å². The number of aromatic nitrogens is 2. The molecule has 2 aromatic carbocycles. The summed E-state index contributed by atoms with van der Waals surface area (Å²) >= 11 is 0. The molecule has 1 saturated carbocycles. The Bertz CT molecular complexity index is 1550. The summed E-state index contributed by atoms with van der Waals surface area (Å²) in [5, 5.41) is 2.70. The number of hydrogen-bond donors (Lipinski definition) is 2. The van der Waals surface area contributed by atoms with E-state index in [4.69, 9.17) is 4.98 Å². The quantitative estimate of drug-likeness (QED) is 0.335. The first-order chi connectivity index (χ1) is 17.1. The lowest BCUT2D eigenvalue weighted by Crippen LogP contribution is -2.35. The zero-order valence-corrected chi connectivity index (χ0v) is 21.6. The number of hydrogen-bond acceptors (Lipinski definition) is 4. The Morgan fingerprint density at radius 3 is 2.64 bits per heavy atom. The zero-order valence-electron chi connectivity index (χ0n) is 20.8. The first-order valence-corrected chi connectivity index (χ1v) is 14.0. The van der Waals surface area contributed by atoms with E-state index in [1.807, 2.05) is 37.5 Å². The summed E-state index contributed by atoms with van der Waals surface area (Å²) in [7, 11) is -1.90. The van der Waals surface area contributed by atoms with Crippen molar-refractivity contribution in [1.82, 2.24) is 14.7 Å². The molecule has 8 heteroatoms. The van der Waals surface area contributed by atoms with E-state index in [1.54, 1.807) is 0 Å².